The largest absolute Gasteiger partial charge is 0.586 e. The fourth-order valence-electron chi connectivity index (χ4n) is 4.36. The number of halogens is 2. The lowest BCUT2D eigenvalue weighted by Gasteiger charge is -2.43. The van der Waals surface area contributed by atoms with Crippen LogP contribution in [0, 0.1) is 11.8 Å². The second-order valence-corrected chi connectivity index (χ2v) is 10.1. The van der Waals surface area contributed by atoms with Gasteiger partial charge in [0.25, 0.3) is 0 Å². The van der Waals surface area contributed by atoms with Gasteiger partial charge in [0, 0.05) is 13.1 Å². The average Bonchev–Trinajstić information content (AvgIpc) is 3.22. The lowest BCUT2D eigenvalue weighted by molar-refractivity contribution is -0.286. The quantitative estimate of drug-likeness (QED) is 0.216. The van der Waals surface area contributed by atoms with E-state index in [2.05, 4.69) is 25.1 Å². The topological polar surface area (TPSA) is 183 Å². The van der Waals surface area contributed by atoms with Gasteiger partial charge in [-0.3, -0.25) is 14.9 Å². The molecule has 4 unspecified atom stereocenters. The van der Waals surface area contributed by atoms with Gasteiger partial charge in [0.15, 0.2) is 17.5 Å². The Morgan fingerprint density at radius 2 is 1.77 bits per heavy atom. The van der Waals surface area contributed by atoms with Crippen molar-refractivity contribution < 1.29 is 56.8 Å². The minimum absolute atomic E-state index is 0.0217. The molecule has 4 atom stereocenters. The zero-order valence-electron chi connectivity index (χ0n) is 23.3. The zero-order chi connectivity index (χ0) is 31.6. The van der Waals surface area contributed by atoms with Crippen molar-refractivity contribution in [1.82, 2.24) is 15.2 Å². The Balaban J connectivity index is 1.36. The molecule has 1 saturated heterocycles. The summed E-state index contributed by atoms with van der Waals surface area (Å²) in [4.78, 5) is 66.2. The molecule has 1 aromatic heterocycles. The molecule has 0 saturated carbocycles. The van der Waals surface area contributed by atoms with Gasteiger partial charge in [-0.05, 0) is 48.7 Å². The number of β-lactam (4-membered cyclic amide) rings is 1. The number of imide groups is 1. The maximum atomic E-state index is 13.3. The predicted molar refractivity (Wildman–Crippen MR) is 140 cm³/mol. The third kappa shape index (κ3) is 7.07. The number of carboxylic acids is 1. The van der Waals surface area contributed by atoms with E-state index >= 15 is 0 Å². The summed E-state index contributed by atoms with van der Waals surface area (Å²) in [5.74, 6) is -4.67. The molecule has 230 valence electrons. The number of aromatic nitrogens is 1. The van der Waals surface area contributed by atoms with Crippen molar-refractivity contribution in [3.05, 3.63) is 47.7 Å². The highest BCUT2D eigenvalue weighted by atomic mass is 19.3. The summed E-state index contributed by atoms with van der Waals surface area (Å²) in [6.45, 7) is 6.10. The van der Waals surface area contributed by atoms with Gasteiger partial charge in [-0.1, -0.05) is 19.9 Å². The highest BCUT2D eigenvalue weighted by Crippen LogP contribution is 2.42. The summed E-state index contributed by atoms with van der Waals surface area (Å²) in [5.41, 5.74) is 0.771. The number of anilines is 1. The molecule has 2 aromatic rings. The summed E-state index contributed by atoms with van der Waals surface area (Å²) in [6, 6.07) is 3.47. The van der Waals surface area contributed by atoms with E-state index in [1.165, 1.54) is 50.4 Å². The number of hydrogen-bond acceptors (Lipinski definition) is 10. The minimum atomic E-state index is -3.82. The number of fused-ring (bicyclic) bond motifs is 1. The monoisotopic (exact) mass is 606 g/mol. The summed E-state index contributed by atoms with van der Waals surface area (Å²) in [7, 11) is 0. The van der Waals surface area contributed by atoms with Crippen LogP contribution < -0.4 is 20.1 Å². The zero-order valence-corrected chi connectivity index (χ0v) is 23.3. The maximum absolute atomic E-state index is 13.3. The summed E-state index contributed by atoms with van der Waals surface area (Å²) >= 11 is 0. The van der Waals surface area contributed by atoms with E-state index in [-0.39, 0.29) is 23.7 Å². The normalized spacial score (nSPS) is 19.6. The number of carboxylic acid groups (broad SMARTS) is 1. The number of urea groups is 1. The summed E-state index contributed by atoms with van der Waals surface area (Å²) in [5, 5.41) is 14.6. The number of alkyl halides is 2. The third-order valence-electron chi connectivity index (χ3n) is 6.49. The molecule has 14 nitrogen and oxygen atoms in total. The molecule has 2 aliphatic rings. The average molecular weight is 607 g/mol. The number of ether oxygens (including phenoxy) is 4. The number of nitrogens with one attached hydrogen (secondary N) is 2. The van der Waals surface area contributed by atoms with Gasteiger partial charge < -0.3 is 29.4 Å². The number of pyridine rings is 1. The van der Waals surface area contributed by atoms with Crippen molar-refractivity contribution in [2.75, 3.05) is 5.32 Å². The molecule has 0 radical (unpaired) electrons. The van der Waals surface area contributed by atoms with Crippen LogP contribution >= 0.6 is 0 Å². The number of rotatable bonds is 9. The fraction of sp³-hybridized carbons (Fsp3) is 0.407. The van der Waals surface area contributed by atoms with Crippen LogP contribution in [0.1, 0.15) is 44.9 Å². The Bertz CT molecular complexity index is 1450. The molecule has 4 rings (SSSR count). The third-order valence-corrected chi connectivity index (χ3v) is 6.49. The van der Waals surface area contributed by atoms with Crippen molar-refractivity contribution in [2.45, 2.75) is 58.8 Å². The predicted octanol–water partition coefficient (Wildman–Crippen LogP) is 3.42. The lowest BCUT2D eigenvalue weighted by Crippen LogP contribution is -2.68. The second kappa shape index (κ2) is 12.1. The molecule has 2 aliphatic heterocycles. The first-order valence-corrected chi connectivity index (χ1v) is 13.0. The van der Waals surface area contributed by atoms with Crippen LogP contribution in [-0.2, 0) is 30.3 Å². The highest BCUT2D eigenvalue weighted by Gasteiger charge is 2.55. The highest BCUT2D eigenvalue weighted by molar-refractivity contribution is 6.07. The van der Waals surface area contributed by atoms with E-state index in [0.717, 1.165) is 0 Å². The Morgan fingerprint density at radius 3 is 2.44 bits per heavy atom. The van der Waals surface area contributed by atoms with Gasteiger partial charge in [-0.25, -0.2) is 24.3 Å². The van der Waals surface area contributed by atoms with Gasteiger partial charge in [0.1, 0.15) is 5.82 Å². The Labute approximate surface area is 243 Å². The van der Waals surface area contributed by atoms with Crippen molar-refractivity contribution in [3.8, 4) is 11.5 Å². The number of carbonyl (C=O) groups excluding carboxylic acids is 4. The standard InChI is InChI=1S/C27H28F2N4O10/c1-12(2)24(37)40-14(4)41-26(39)32-20-10-15(7-8-30-20)9-17-21(23(35)36)33(22(17)34)25(38)31-13(3)16-5-6-18-19(11-16)43-27(28,29)42-18/h5-8,10-14,17,21H,9H2,1-4H3,(H,31,38)(H,35,36)(H,30,32,39). The van der Waals surface area contributed by atoms with Crippen LogP contribution in [0.25, 0.3) is 0 Å². The summed E-state index contributed by atoms with van der Waals surface area (Å²) in [6.07, 6.45) is -4.74. The number of likely N-dealkylation sites (tertiary alicyclic amines) is 1. The molecule has 3 heterocycles. The van der Waals surface area contributed by atoms with Gasteiger partial charge in [0.05, 0.1) is 17.9 Å². The number of benzene rings is 1. The van der Waals surface area contributed by atoms with E-state index in [9.17, 15) is 37.9 Å². The van der Waals surface area contributed by atoms with Crippen molar-refractivity contribution >= 4 is 35.8 Å². The van der Waals surface area contributed by atoms with Crippen LogP contribution in [0.3, 0.4) is 0 Å². The number of aliphatic carboxylic acids is 1. The Kier molecular flexibility index (Phi) is 8.68. The second-order valence-electron chi connectivity index (χ2n) is 10.1. The number of carbonyl (C=O) groups is 5. The SMILES string of the molecule is CC(OC(=O)Nc1cc(CC2C(=O)N(C(=O)NC(C)c3ccc4c(c3)OC(F)(F)O4)C2C(=O)O)ccn1)OC(=O)C(C)C. The molecular formula is C27H28F2N4O10. The molecule has 43 heavy (non-hydrogen) atoms. The van der Waals surface area contributed by atoms with E-state index < -0.39 is 66.5 Å². The molecule has 1 fully saturated rings. The van der Waals surface area contributed by atoms with Crippen molar-refractivity contribution in [2.24, 2.45) is 11.8 Å². The van der Waals surface area contributed by atoms with Crippen LogP contribution in [0.5, 0.6) is 11.5 Å². The van der Waals surface area contributed by atoms with E-state index in [4.69, 9.17) is 9.47 Å². The lowest BCUT2D eigenvalue weighted by atomic mass is 9.82. The Morgan fingerprint density at radius 1 is 1.07 bits per heavy atom. The molecule has 0 bridgehead atoms. The first kappa shape index (κ1) is 30.9. The molecule has 16 heteroatoms. The smallest absolute Gasteiger partial charge is 0.480 e. The van der Waals surface area contributed by atoms with Gasteiger partial charge in [-0.2, -0.15) is 0 Å². The molecule has 3 N–H and O–H groups in total. The number of amides is 4. The molecule has 0 aliphatic carbocycles. The first-order valence-electron chi connectivity index (χ1n) is 13.0. The van der Waals surface area contributed by atoms with Crippen molar-refractivity contribution in [1.29, 1.82) is 0 Å². The summed E-state index contributed by atoms with van der Waals surface area (Å²) < 4.78 is 45.3. The first-order chi connectivity index (χ1) is 20.1. The number of esters is 1. The van der Waals surface area contributed by atoms with Gasteiger partial charge >= 0.3 is 30.4 Å². The van der Waals surface area contributed by atoms with Gasteiger partial charge in [0.2, 0.25) is 12.2 Å². The molecule has 0 spiro atoms. The Hall–Kier alpha value is -5.02. The van der Waals surface area contributed by atoms with Crippen LogP contribution in [0.2, 0.25) is 0 Å². The van der Waals surface area contributed by atoms with Crippen LogP contribution in [0.4, 0.5) is 24.2 Å². The number of nitrogens with zero attached hydrogens (tertiary/aromatic N) is 2. The minimum Gasteiger partial charge on any atom is -0.480 e. The fourth-order valence-corrected chi connectivity index (χ4v) is 4.36. The molecule has 1 aromatic carbocycles. The molecule has 4 amide bonds. The molecular weight excluding hydrogens is 578 g/mol. The van der Waals surface area contributed by atoms with Crippen LogP contribution in [0.15, 0.2) is 36.5 Å². The van der Waals surface area contributed by atoms with E-state index in [1.807, 2.05) is 0 Å². The maximum Gasteiger partial charge on any atom is 0.586 e. The van der Waals surface area contributed by atoms with E-state index in [0.29, 0.717) is 16.0 Å². The van der Waals surface area contributed by atoms with Crippen molar-refractivity contribution in [3.63, 3.8) is 0 Å². The van der Waals surface area contributed by atoms with Crippen LogP contribution in [-0.4, -0.2) is 63.6 Å². The van der Waals surface area contributed by atoms with Gasteiger partial charge in [-0.15, -0.1) is 8.78 Å². The number of hydrogen-bond donors (Lipinski definition) is 3. The van der Waals surface area contributed by atoms with E-state index in [1.54, 1.807) is 13.8 Å².